The summed E-state index contributed by atoms with van der Waals surface area (Å²) in [7, 11) is 0. The van der Waals surface area contributed by atoms with Gasteiger partial charge in [-0.25, -0.2) is 10.2 Å². The van der Waals surface area contributed by atoms with Crippen molar-refractivity contribution in [3.63, 3.8) is 0 Å². The average molecular weight is 231 g/mol. The molecule has 6 heteroatoms. The highest BCUT2D eigenvalue weighted by molar-refractivity contribution is 6.30. The lowest BCUT2D eigenvalue weighted by atomic mass is 10.1. The fraction of sp³-hybridized carbons (Fsp3) is 0.222. The maximum absolute atomic E-state index is 10.1. The number of hydrogen-bond acceptors (Lipinski definition) is 3. The quantitative estimate of drug-likeness (QED) is 0.465. The van der Waals surface area contributed by atoms with Crippen molar-refractivity contribution in [3.05, 3.63) is 28.8 Å². The van der Waals surface area contributed by atoms with Gasteiger partial charge in [0.1, 0.15) is 5.75 Å². The number of hydrazine groups is 1. The van der Waals surface area contributed by atoms with E-state index in [-0.39, 0.29) is 5.75 Å². The zero-order valence-electron chi connectivity index (χ0n) is 7.83. The number of phenols is 1. The summed E-state index contributed by atoms with van der Waals surface area (Å²) in [5.41, 5.74) is 5.15. The number of nitrogens with one attached hydrogen (secondary N) is 2. The summed E-state index contributed by atoms with van der Waals surface area (Å²) in [6.45, 7) is 0.375. The molecule has 82 valence electrons. The standard InChI is InChI=1S/C9H11ClN2O3/c10-7-1-2-8(13)6(5-7)3-4-11-12-9(14)15/h1-2,5,11-13H,3-4H2,(H,14,15). The number of halogens is 1. The van der Waals surface area contributed by atoms with Gasteiger partial charge in [-0.2, -0.15) is 0 Å². The van der Waals surface area contributed by atoms with Crippen LogP contribution in [0.15, 0.2) is 18.2 Å². The first kappa shape index (κ1) is 11.6. The highest BCUT2D eigenvalue weighted by atomic mass is 35.5. The van der Waals surface area contributed by atoms with Gasteiger partial charge in [0.2, 0.25) is 0 Å². The highest BCUT2D eigenvalue weighted by Gasteiger charge is 2.01. The topological polar surface area (TPSA) is 81.6 Å². The van der Waals surface area contributed by atoms with Crippen LogP contribution in [0.5, 0.6) is 5.75 Å². The molecule has 1 amide bonds. The van der Waals surface area contributed by atoms with Crippen LogP contribution in [0, 0.1) is 0 Å². The summed E-state index contributed by atoms with van der Waals surface area (Å²) in [5.74, 6) is 0.150. The SMILES string of the molecule is O=C(O)NNCCc1cc(Cl)ccc1O. The summed E-state index contributed by atoms with van der Waals surface area (Å²) in [4.78, 5) is 10.1. The molecule has 0 heterocycles. The number of hydrogen-bond donors (Lipinski definition) is 4. The molecule has 0 aromatic heterocycles. The van der Waals surface area contributed by atoms with Crippen molar-refractivity contribution in [3.8, 4) is 5.75 Å². The van der Waals surface area contributed by atoms with Crippen molar-refractivity contribution in [2.24, 2.45) is 0 Å². The first-order valence-corrected chi connectivity index (χ1v) is 4.66. The lowest BCUT2D eigenvalue weighted by Gasteiger charge is -2.06. The number of aromatic hydroxyl groups is 1. The molecule has 0 bridgehead atoms. The lowest BCUT2D eigenvalue weighted by Crippen LogP contribution is -2.37. The van der Waals surface area contributed by atoms with Gasteiger partial charge < -0.3 is 10.2 Å². The second-order valence-electron chi connectivity index (χ2n) is 2.88. The summed E-state index contributed by atoms with van der Waals surface area (Å²) in [5, 5.41) is 18.2. The fourth-order valence-electron chi connectivity index (χ4n) is 1.09. The van der Waals surface area contributed by atoms with Gasteiger partial charge in [-0.1, -0.05) is 11.6 Å². The molecule has 1 rings (SSSR count). The number of rotatable bonds is 4. The number of carboxylic acid groups (broad SMARTS) is 1. The third-order valence-corrected chi connectivity index (χ3v) is 1.99. The Balaban J connectivity index is 2.43. The zero-order valence-corrected chi connectivity index (χ0v) is 8.58. The Morgan fingerprint density at radius 1 is 1.47 bits per heavy atom. The normalized spacial score (nSPS) is 9.93. The third kappa shape index (κ3) is 4.05. The van der Waals surface area contributed by atoms with Gasteiger partial charge in [-0.3, -0.25) is 5.43 Å². The predicted molar refractivity (Wildman–Crippen MR) is 56.0 cm³/mol. The number of phenolic OH excluding ortho intramolecular Hbond substituents is 1. The highest BCUT2D eigenvalue weighted by Crippen LogP contribution is 2.21. The number of amides is 1. The van der Waals surface area contributed by atoms with Crippen molar-refractivity contribution >= 4 is 17.7 Å². The fourth-order valence-corrected chi connectivity index (χ4v) is 1.28. The van der Waals surface area contributed by atoms with Crippen LogP contribution in [0.25, 0.3) is 0 Å². The third-order valence-electron chi connectivity index (χ3n) is 1.76. The van der Waals surface area contributed by atoms with E-state index in [9.17, 15) is 9.90 Å². The minimum absolute atomic E-state index is 0.150. The Morgan fingerprint density at radius 3 is 2.87 bits per heavy atom. The van der Waals surface area contributed by atoms with E-state index in [0.29, 0.717) is 23.6 Å². The van der Waals surface area contributed by atoms with Crippen LogP contribution in [-0.4, -0.2) is 22.9 Å². The molecule has 0 fully saturated rings. The molecule has 0 saturated heterocycles. The molecule has 0 atom stereocenters. The average Bonchev–Trinajstić information content (AvgIpc) is 2.17. The van der Waals surface area contributed by atoms with Crippen LogP contribution >= 0.6 is 11.6 Å². The van der Waals surface area contributed by atoms with Crippen molar-refractivity contribution < 1.29 is 15.0 Å². The predicted octanol–water partition coefficient (Wildman–Crippen LogP) is 1.36. The largest absolute Gasteiger partial charge is 0.508 e. The Hall–Kier alpha value is -1.46. The molecule has 0 aliphatic heterocycles. The molecule has 0 spiro atoms. The van der Waals surface area contributed by atoms with Gasteiger partial charge >= 0.3 is 6.09 Å². The Bertz CT molecular complexity index is 357. The molecule has 4 N–H and O–H groups in total. The minimum atomic E-state index is -1.15. The van der Waals surface area contributed by atoms with Crippen LogP contribution < -0.4 is 10.9 Å². The van der Waals surface area contributed by atoms with Crippen molar-refractivity contribution in [2.75, 3.05) is 6.54 Å². The molecule has 0 aliphatic carbocycles. The molecule has 1 aromatic rings. The van der Waals surface area contributed by atoms with Gasteiger partial charge in [0.05, 0.1) is 0 Å². The second kappa shape index (κ2) is 5.43. The monoisotopic (exact) mass is 230 g/mol. The molecule has 0 unspecified atom stereocenters. The van der Waals surface area contributed by atoms with Crippen molar-refractivity contribution in [1.29, 1.82) is 0 Å². The zero-order chi connectivity index (χ0) is 11.3. The van der Waals surface area contributed by atoms with E-state index in [2.05, 4.69) is 5.43 Å². The molecule has 0 aliphatic rings. The molecule has 15 heavy (non-hydrogen) atoms. The van der Waals surface area contributed by atoms with E-state index >= 15 is 0 Å². The minimum Gasteiger partial charge on any atom is -0.508 e. The molecule has 0 radical (unpaired) electrons. The van der Waals surface area contributed by atoms with Crippen molar-refractivity contribution in [2.45, 2.75) is 6.42 Å². The van der Waals surface area contributed by atoms with Crippen LogP contribution in [0.2, 0.25) is 5.02 Å². The molecule has 5 nitrogen and oxygen atoms in total. The molecular weight excluding hydrogens is 220 g/mol. The first-order chi connectivity index (χ1) is 7.09. The maximum Gasteiger partial charge on any atom is 0.419 e. The van der Waals surface area contributed by atoms with Gasteiger partial charge in [0.15, 0.2) is 0 Å². The van der Waals surface area contributed by atoms with Crippen molar-refractivity contribution in [1.82, 2.24) is 10.9 Å². The molecule has 0 saturated carbocycles. The van der Waals surface area contributed by atoms with Gasteiger partial charge in [0, 0.05) is 11.6 Å². The molecule has 1 aromatic carbocycles. The first-order valence-electron chi connectivity index (χ1n) is 4.29. The lowest BCUT2D eigenvalue weighted by molar-refractivity contribution is 0.189. The van der Waals surface area contributed by atoms with Crippen LogP contribution in [0.3, 0.4) is 0 Å². The summed E-state index contributed by atoms with van der Waals surface area (Å²) >= 11 is 5.74. The van der Waals surface area contributed by atoms with Crippen LogP contribution in [-0.2, 0) is 6.42 Å². The van der Waals surface area contributed by atoms with Gasteiger partial charge in [0.25, 0.3) is 0 Å². The van der Waals surface area contributed by atoms with Crippen LogP contribution in [0.1, 0.15) is 5.56 Å². The Morgan fingerprint density at radius 2 is 2.20 bits per heavy atom. The summed E-state index contributed by atoms with van der Waals surface area (Å²) in [6, 6.07) is 4.73. The van der Waals surface area contributed by atoms with Gasteiger partial charge in [-0.15, -0.1) is 0 Å². The van der Waals surface area contributed by atoms with E-state index in [0.717, 1.165) is 0 Å². The van der Waals surface area contributed by atoms with E-state index in [1.54, 1.807) is 12.1 Å². The van der Waals surface area contributed by atoms with E-state index in [4.69, 9.17) is 16.7 Å². The smallest absolute Gasteiger partial charge is 0.419 e. The molecular formula is C9H11ClN2O3. The van der Waals surface area contributed by atoms with E-state index in [1.807, 2.05) is 5.43 Å². The van der Waals surface area contributed by atoms with Crippen LogP contribution in [0.4, 0.5) is 4.79 Å². The number of benzene rings is 1. The number of carbonyl (C=O) groups is 1. The summed E-state index contributed by atoms with van der Waals surface area (Å²) in [6.07, 6.45) is -0.669. The second-order valence-corrected chi connectivity index (χ2v) is 3.32. The summed E-state index contributed by atoms with van der Waals surface area (Å²) < 4.78 is 0. The Kier molecular flexibility index (Phi) is 4.20. The maximum atomic E-state index is 10.1. The van der Waals surface area contributed by atoms with E-state index in [1.165, 1.54) is 6.07 Å². The Labute approximate surface area is 91.6 Å². The van der Waals surface area contributed by atoms with E-state index < -0.39 is 6.09 Å². The van der Waals surface area contributed by atoms with Gasteiger partial charge in [-0.05, 0) is 30.2 Å².